The molecule has 3 aromatic rings. The van der Waals surface area contributed by atoms with Crippen molar-refractivity contribution in [2.24, 2.45) is 0 Å². The van der Waals surface area contributed by atoms with E-state index in [0.29, 0.717) is 0 Å². The molecule has 0 aliphatic rings. The maximum Gasteiger partial charge on any atom is 0.416 e. The molecule has 0 heterocycles. The van der Waals surface area contributed by atoms with Crippen LogP contribution in [0, 0.1) is 0 Å². The molecule has 0 aromatic heterocycles. The van der Waals surface area contributed by atoms with Gasteiger partial charge in [-0.2, -0.15) is 13.2 Å². The molecular weight excluding hydrogens is 485 g/mol. The number of anilines is 1. The SMILES string of the molecule is CCN(CC(=O)Nc1cc(C(F)(F)F)ccc1OCCOC)C(=O)C(c1ccccc1)c1ccccc1. The fraction of sp³-hybridized carbons (Fsp3) is 0.286. The number of hydrogen-bond donors (Lipinski definition) is 1. The first-order valence-electron chi connectivity index (χ1n) is 11.8. The van der Waals surface area contributed by atoms with Gasteiger partial charge in [-0.25, -0.2) is 0 Å². The first-order chi connectivity index (χ1) is 17.7. The second-order valence-corrected chi connectivity index (χ2v) is 8.20. The zero-order valence-corrected chi connectivity index (χ0v) is 20.6. The molecule has 6 nitrogen and oxygen atoms in total. The molecule has 2 amide bonds. The van der Waals surface area contributed by atoms with Gasteiger partial charge in [0.15, 0.2) is 0 Å². The number of nitrogens with zero attached hydrogens (tertiary/aromatic N) is 1. The number of ether oxygens (including phenoxy) is 2. The third-order valence-electron chi connectivity index (χ3n) is 5.67. The molecule has 3 rings (SSSR count). The molecule has 0 aliphatic heterocycles. The van der Waals surface area contributed by atoms with Crippen LogP contribution in [-0.4, -0.2) is 50.1 Å². The van der Waals surface area contributed by atoms with Crippen molar-refractivity contribution in [1.82, 2.24) is 4.90 Å². The van der Waals surface area contributed by atoms with Gasteiger partial charge in [0.1, 0.15) is 12.4 Å². The van der Waals surface area contributed by atoms with Gasteiger partial charge in [-0.05, 0) is 36.2 Å². The van der Waals surface area contributed by atoms with Gasteiger partial charge in [0, 0.05) is 13.7 Å². The number of benzene rings is 3. The third kappa shape index (κ3) is 7.57. The minimum absolute atomic E-state index is 0.0687. The van der Waals surface area contributed by atoms with E-state index in [4.69, 9.17) is 9.47 Å². The second kappa shape index (κ2) is 12.9. The molecule has 0 unspecified atom stereocenters. The number of carbonyl (C=O) groups excluding carboxylic acids is 2. The highest BCUT2D eigenvalue weighted by Crippen LogP contribution is 2.35. The van der Waals surface area contributed by atoms with Crippen LogP contribution in [0.4, 0.5) is 18.9 Å². The molecule has 0 saturated heterocycles. The van der Waals surface area contributed by atoms with Gasteiger partial charge >= 0.3 is 6.18 Å². The van der Waals surface area contributed by atoms with Crippen LogP contribution in [0.2, 0.25) is 0 Å². The Bertz CT molecular complexity index is 1130. The average Bonchev–Trinajstić information content (AvgIpc) is 2.89. The summed E-state index contributed by atoms with van der Waals surface area (Å²) in [6.45, 7) is 1.91. The van der Waals surface area contributed by atoms with Gasteiger partial charge in [0.2, 0.25) is 11.8 Å². The lowest BCUT2D eigenvalue weighted by Crippen LogP contribution is -2.40. The van der Waals surface area contributed by atoms with Crippen LogP contribution in [0.5, 0.6) is 5.75 Å². The highest BCUT2D eigenvalue weighted by atomic mass is 19.4. The van der Waals surface area contributed by atoms with Gasteiger partial charge in [-0.3, -0.25) is 9.59 Å². The van der Waals surface area contributed by atoms with E-state index in [1.54, 1.807) is 6.92 Å². The van der Waals surface area contributed by atoms with E-state index < -0.39 is 23.6 Å². The Hall–Kier alpha value is -3.85. The third-order valence-corrected chi connectivity index (χ3v) is 5.67. The Morgan fingerprint density at radius 2 is 1.51 bits per heavy atom. The standard InChI is InChI=1S/C28H29F3N2O4/c1-3-33(27(35)26(20-10-6-4-7-11-20)21-12-8-5-9-13-21)19-25(34)32-23-18-22(28(29,30)31)14-15-24(23)37-17-16-36-2/h4-15,18,26H,3,16-17,19H2,1-2H3,(H,32,34). The van der Waals surface area contributed by atoms with Crippen molar-refractivity contribution in [2.45, 2.75) is 19.0 Å². The Morgan fingerprint density at radius 3 is 2.03 bits per heavy atom. The molecule has 9 heteroatoms. The number of halogens is 3. The monoisotopic (exact) mass is 514 g/mol. The van der Waals surface area contributed by atoms with Gasteiger partial charge in [-0.1, -0.05) is 60.7 Å². The molecule has 0 spiro atoms. The molecule has 1 N–H and O–H groups in total. The van der Waals surface area contributed by atoms with Crippen molar-refractivity contribution < 1.29 is 32.2 Å². The van der Waals surface area contributed by atoms with Crippen LogP contribution in [-0.2, 0) is 20.5 Å². The van der Waals surface area contributed by atoms with Crippen molar-refractivity contribution in [2.75, 3.05) is 38.7 Å². The van der Waals surface area contributed by atoms with Gasteiger partial charge in [-0.15, -0.1) is 0 Å². The van der Waals surface area contributed by atoms with Crippen LogP contribution in [0.25, 0.3) is 0 Å². The van der Waals surface area contributed by atoms with Crippen LogP contribution in [0.3, 0.4) is 0 Å². The van der Waals surface area contributed by atoms with Crippen molar-refractivity contribution in [3.05, 3.63) is 95.6 Å². The van der Waals surface area contributed by atoms with Crippen molar-refractivity contribution in [1.29, 1.82) is 0 Å². The maximum absolute atomic E-state index is 13.6. The summed E-state index contributed by atoms with van der Waals surface area (Å²) in [5.41, 5.74) is 0.467. The van der Waals surface area contributed by atoms with E-state index in [2.05, 4.69) is 5.32 Å². The predicted molar refractivity (Wildman–Crippen MR) is 134 cm³/mol. The number of carbonyl (C=O) groups is 2. The normalized spacial score (nSPS) is 11.3. The summed E-state index contributed by atoms with van der Waals surface area (Å²) in [6.07, 6.45) is -4.60. The van der Waals surface area contributed by atoms with Gasteiger partial charge in [0.25, 0.3) is 0 Å². The molecular formula is C28H29F3N2O4. The molecule has 0 atom stereocenters. The van der Waals surface area contributed by atoms with E-state index >= 15 is 0 Å². The van der Waals surface area contributed by atoms with Crippen molar-refractivity contribution in [3.8, 4) is 5.75 Å². The topological polar surface area (TPSA) is 67.9 Å². The lowest BCUT2D eigenvalue weighted by Gasteiger charge is -2.27. The number of amides is 2. The summed E-state index contributed by atoms with van der Waals surface area (Å²) < 4.78 is 50.3. The van der Waals surface area contributed by atoms with Gasteiger partial charge in [0.05, 0.1) is 30.3 Å². The molecule has 0 saturated carbocycles. The Kier molecular flexibility index (Phi) is 9.68. The largest absolute Gasteiger partial charge is 0.489 e. The molecule has 37 heavy (non-hydrogen) atoms. The highest BCUT2D eigenvalue weighted by Gasteiger charge is 2.32. The fourth-order valence-electron chi connectivity index (χ4n) is 3.82. The van der Waals surface area contributed by atoms with Crippen LogP contribution in [0.15, 0.2) is 78.9 Å². The number of methoxy groups -OCH3 is 1. The highest BCUT2D eigenvalue weighted by molar-refractivity contribution is 5.97. The lowest BCUT2D eigenvalue weighted by molar-refractivity contribution is -0.137. The minimum atomic E-state index is -4.60. The molecule has 0 radical (unpaired) electrons. The quantitative estimate of drug-likeness (QED) is 0.351. The molecule has 0 bridgehead atoms. The second-order valence-electron chi connectivity index (χ2n) is 8.20. The molecule has 3 aromatic carbocycles. The summed E-state index contributed by atoms with van der Waals surface area (Å²) in [5.74, 6) is -1.52. The Labute approximate surface area is 214 Å². The predicted octanol–water partition coefficient (Wildman–Crippen LogP) is 5.35. The van der Waals surface area contributed by atoms with Crippen LogP contribution in [0.1, 0.15) is 29.5 Å². The zero-order chi connectivity index (χ0) is 26.8. The Morgan fingerprint density at radius 1 is 0.919 bits per heavy atom. The van der Waals surface area contributed by atoms with Crippen LogP contribution < -0.4 is 10.1 Å². The molecule has 0 fully saturated rings. The number of hydrogen-bond acceptors (Lipinski definition) is 4. The minimum Gasteiger partial charge on any atom is -0.489 e. The van der Waals surface area contributed by atoms with E-state index in [1.807, 2.05) is 60.7 Å². The average molecular weight is 515 g/mol. The van der Waals surface area contributed by atoms with Crippen molar-refractivity contribution >= 4 is 17.5 Å². The Balaban J connectivity index is 1.83. The smallest absolute Gasteiger partial charge is 0.416 e. The van der Waals surface area contributed by atoms with Crippen LogP contribution >= 0.6 is 0 Å². The summed E-state index contributed by atoms with van der Waals surface area (Å²) >= 11 is 0. The summed E-state index contributed by atoms with van der Waals surface area (Å²) in [6, 6.07) is 21.2. The number of rotatable bonds is 11. The molecule has 0 aliphatic carbocycles. The fourth-order valence-corrected chi connectivity index (χ4v) is 3.82. The summed E-state index contributed by atoms with van der Waals surface area (Å²) in [5, 5.41) is 2.49. The first kappa shape index (κ1) is 27.7. The maximum atomic E-state index is 13.6. The number of nitrogens with one attached hydrogen (secondary N) is 1. The number of alkyl halides is 3. The number of likely N-dealkylation sites (N-methyl/N-ethyl adjacent to an activating group) is 1. The zero-order valence-electron chi connectivity index (χ0n) is 20.6. The van der Waals surface area contributed by atoms with E-state index in [9.17, 15) is 22.8 Å². The van der Waals surface area contributed by atoms with E-state index in [1.165, 1.54) is 12.0 Å². The lowest BCUT2D eigenvalue weighted by atomic mass is 9.90. The summed E-state index contributed by atoms with van der Waals surface area (Å²) in [7, 11) is 1.47. The first-order valence-corrected chi connectivity index (χ1v) is 11.8. The molecule has 196 valence electrons. The van der Waals surface area contributed by atoms with E-state index in [-0.39, 0.29) is 43.6 Å². The summed E-state index contributed by atoms with van der Waals surface area (Å²) in [4.78, 5) is 28.0. The van der Waals surface area contributed by atoms with Gasteiger partial charge < -0.3 is 19.7 Å². The van der Waals surface area contributed by atoms with E-state index in [0.717, 1.165) is 29.3 Å². The van der Waals surface area contributed by atoms with Crippen molar-refractivity contribution in [3.63, 3.8) is 0 Å².